The van der Waals surface area contributed by atoms with Gasteiger partial charge in [-0.1, -0.05) is 12.1 Å². The molecule has 0 bridgehead atoms. The Labute approximate surface area is 385 Å². The van der Waals surface area contributed by atoms with Crippen LogP contribution >= 0.6 is 0 Å². The van der Waals surface area contributed by atoms with Crippen LogP contribution in [0.25, 0.3) is 10.9 Å². The van der Waals surface area contributed by atoms with Gasteiger partial charge in [0.2, 0.25) is 17.7 Å². The fraction of sp³-hybridized carbons (Fsp3) is 0.605. The van der Waals surface area contributed by atoms with Gasteiger partial charge < -0.3 is 40.9 Å². The number of amides is 4. The highest BCUT2D eigenvalue weighted by Crippen LogP contribution is 2.32. The van der Waals surface area contributed by atoms with Crippen LogP contribution in [0.2, 0.25) is 0 Å². The van der Waals surface area contributed by atoms with Crippen LogP contribution in [0.4, 0.5) is 8.78 Å². The lowest BCUT2D eigenvalue weighted by Crippen LogP contribution is -2.51. The van der Waals surface area contributed by atoms with Gasteiger partial charge >= 0.3 is 17.9 Å². The van der Waals surface area contributed by atoms with E-state index in [4.69, 9.17) is 4.74 Å². The number of para-hydroxylation sites is 1. The van der Waals surface area contributed by atoms with Gasteiger partial charge in [0, 0.05) is 96.0 Å². The van der Waals surface area contributed by atoms with Crippen LogP contribution in [-0.2, 0) is 28.8 Å². The second-order valence-corrected chi connectivity index (χ2v) is 16.9. The number of likely N-dealkylation sites (tertiary alicyclic amines) is 2. The summed E-state index contributed by atoms with van der Waals surface area (Å²) in [7, 11) is 0. The number of carbonyl (C=O) groups excluding carboxylic acids is 4. The summed E-state index contributed by atoms with van der Waals surface area (Å²) >= 11 is 0. The zero-order valence-electron chi connectivity index (χ0n) is 37.2. The summed E-state index contributed by atoms with van der Waals surface area (Å²) in [6.45, 7) is 1.96. The zero-order valence-corrected chi connectivity index (χ0v) is 37.2. The summed E-state index contributed by atoms with van der Waals surface area (Å²) in [5.74, 6) is -7.74. The van der Waals surface area contributed by atoms with Crippen molar-refractivity contribution in [3.8, 4) is 11.8 Å². The van der Waals surface area contributed by atoms with Gasteiger partial charge in [-0.15, -0.1) is 0 Å². The van der Waals surface area contributed by atoms with Crippen molar-refractivity contribution in [3.63, 3.8) is 0 Å². The minimum absolute atomic E-state index is 0.0116. The molecule has 2 aromatic rings. The van der Waals surface area contributed by atoms with Crippen LogP contribution in [0.1, 0.15) is 36.0 Å². The molecule has 0 saturated carbocycles. The summed E-state index contributed by atoms with van der Waals surface area (Å²) in [5.41, 5.74) is 0.561. The molecule has 1 atom stereocenters. The number of carbonyl (C=O) groups is 7. The van der Waals surface area contributed by atoms with E-state index in [1.54, 1.807) is 39.0 Å². The second-order valence-electron chi connectivity index (χ2n) is 16.9. The molecule has 1 aromatic carbocycles. The Bertz CT molecular complexity index is 2090. The van der Waals surface area contributed by atoms with Crippen LogP contribution in [0.3, 0.4) is 0 Å². The monoisotopic (exact) mass is 943 g/mol. The molecule has 4 heterocycles. The van der Waals surface area contributed by atoms with E-state index in [1.165, 1.54) is 12.3 Å². The molecule has 6 N–H and O–H groups in total. The third-order valence-electron chi connectivity index (χ3n) is 11.7. The number of nitriles is 1. The number of rotatable bonds is 19. The maximum Gasteiger partial charge on any atom is 0.317 e. The van der Waals surface area contributed by atoms with Crippen molar-refractivity contribution in [1.82, 2.24) is 50.3 Å². The van der Waals surface area contributed by atoms with E-state index in [-0.39, 0.29) is 88.9 Å². The fourth-order valence-electron chi connectivity index (χ4n) is 8.25. The number of hydrogen-bond acceptors (Lipinski definition) is 15. The van der Waals surface area contributed by atoms with Crippen molar-refractivity contribution >= 4 is 52.4 Å². The summed E-state index contributed by atoms with van der Waals surface area (Å²) in [5, 5.41) is 46.4. The van der Waals surface area contributed by atoms with Crippen LogP contribution in [-0.4, -0.2) is 234 Å². The summed E-state index contributed by atoms with van der Waals surface area (Å²) in [6.07, 6.45) is 2.32. The van der Waals surface area contributed by atoms with Gasteiger partial charge in [0.25, 0.3) is 11.8 Å². The first-order chi connectivity index (χ1) is 32.0. The molecule has 1 aromatic heterocycles. The number of carboxylic acid groups (broad SMARTS) is 3. The van der Waals surface area contributed by atoms with Crippen LogP contribution in [0.5, 0.6) is 5.75 Å². The van der Waals surface area contributed by atoms with Crippen molar-refractivity contribution in [2.75, 3.05) is 124 Å². The molecule has 3 aliphatic heterocycles. The largest absolute Gasteiger partial charge is 0.491 e. The molecular formula is C43H59F2N11O11. The van der Waals surface area contributed by atoms with Gasteiger partial charge in [-0.2, -0.15) is 5.26 Å². The standard InChI is InChI=1S/C43H59F2N11O11/c44-43(45)21-31(22-46)56(29-43)37(59)23-49-42(66)33-5-9-48-41-32(33)3-1-4-34(41)67-20-2-8-47-35(57)24-51-10-6-30(7-11-51)50-36(58)25-52-12-14-53(26-38(60)61)16-18-55(28-40(64)65)19-17-54(15-13-52)27-39(62)63/h1,3-5,9,30-31H,2,6-8,10-21,23-29H2,(H,47,57)(H,49,66)(H,50,58)(H,60,61)(H,62,63)(H,64,65)/t31-/m0/s1. The molecule has 0 radical (unpaired) electrons. The fourth-order valence-corrected chi connectivity index (χ4v) is 8.25. The molecular weight excluding hydrogens is 885 g/mol. The quantitative estimate of drug-likeness (QED) is 0.0890. The van der Waals surface area contributed by atoms with E-state index in [0.717, 1.165) is 4.90 Å². The molecule has 3 saturated heterocycles. The Balaban J connectivity index is 1.02. The first-order valence-electron chi connectivity index (χ1n) is 22.2. The smallest absolute Gasteiger partial charge is 0.317 e. The maximum absolute atomic E-state index is 13.8. The third kappa shape index (κ3) is 16.9. The number of ether oxygens (including phenoxy) is 1. The van der Waals surface area contributed by atoms with E-state index in [2.05, 4.69) is 20.9 Å². The molecule has 0 spiro atoms. The Morgan fingerprint density at radius 3 is 1.84 bits per heavy atom. The minimum Gasteiger partial charge on any atom is -0.491 e. The van der Waals surface area contributed by atoms with E-state index < -0.39 is 61.2 Å². The Kier molecular flexibility index (Phi) is 19.4. The number of alkyl halides is 2. The second kappa shape index (κ2) is 25.1. The Hall–Kier alpha value is -6.13. The van der Waals surface area contributed by atoms with Gasteiger partial charge in [-0.25, -0.2) is 8.78 Å². The first-order valence-corrected chi connectivity index (χ1v) is 22.2. The molecule has 5 rings (SSSR count). The minimum atomic E-state index is -3.18. The highest BCUT2D eigenvalue weighted by Gasteiger charge is 2.47. The number of nitrogens with zero attached hydrogens (tertiary/aromatic N) is 8. The highest BCUT2D eigenvalue weighted by atomic mass is 19.3. The van der Waals surface area contributed by atoms with E-state index >= 15 is 0 Å². The molecule has 4 amide bonds. The average Bonchev–Trinajstić information content (AvgIpc) is 3.60. The number of benzene rings is 1. The molecule has 3 aliphatic rings. The van der Waals surface area contributed by atoms with Crippen LogP contribution in [0, 0.1) is 11.3 Å². The predicted octanol–water partition coefficient (Wildman–Crippen LogP) is -1.33. The Morgan fingerprint density at radius 1 is 0.746 bits per heavy atom. The topological polar surface area (TPSA) is 282 Å². The van der Waals surface area contributed by atoms with Crippen molar-refractivity contribution in [1.29, 1.82) is 5.26 Å². The number of fused-ring (bicyclic) bond motifs is 1. The molecule has 366 valence electrons. The van der Waals surface area contributed by atoms with Crippen LogP contribution < -0.4 is 20.7 Å². The van der Waals surface area contributed by atoms with Crippen molar-refractivity contribution in [2.24, 2.45) is 0 Å². The number of halogens is 2. The van der Waals surface area contributed by atoms with E-state index in [9.17, 15) is 62.9 Å². The average molecular weight is 944 g/mol. The maximum atomic E-state index is 13.8. The predicted molar refractivity (Wildman–Crippen MR) is 234 cm³/mol. The van der Waals surface area contributed by atoms with Gasteiger partial charge in [-0.3, -0.25) is 63.0 Å². The Morgan fingerprint density at radius 2 is 1.28 bits per heavy atom. The van der Waals surface area contributed by atoms with E-state index in [1.807, 2.05) is 9.80 Å². The summed E-state index contributed by atoms with van der Waals surface area (Å²) < 4.78 is 33.6. The number of aliphatic carboxylic acids is 3. The zero-order chi connectivity index (χ0) is 48.5. The number of carboxylic acids is 3. The molecule has 67 heavy (non-hydrogen) atoms. The van der Waals surface area contributed by atoms with Crippen molar-refractivity contribution in [3.05, 3.63) is 36.0 Å². The van der Waals surface area contributed by atoms with Crippen LogP contribution in [0.15, 0.2) is 30.5 Å². The normalized spacial score (nSPS) is 19.7. The first kappa shape index (κ1) is 51.8. The lowest BCUT2D eigenvalue weighted by Gasteiger charge is -2.34. The van der Waals surface area contributed by atoms with Gasteiger partial charge in [-0.05, 0) is 31.4 Å². The molecule has 0 unspecified atom stereocenters. The third-order valence-corrected chi connectivity index (χ3v) is 11.7. The molecule has 3 fully saturated rings. The molecule has 22 nitrogen and oxygen atoms in total. The number of nitrogens with one attached hydrogen (secondary N) is 3. The number of aromatic nitrogens is 1. The lowest BCUT2D eigenvalue weighted by molar-refractivity contribution is -0.140. The van der Waals surface area contributed by atoms with Gasteiger partial charge in [0.15, 0.2) is 0 Å². The SMILES string of the molecule is N#C[C@@H]1CC(F)(F)CN1C(=O)CNC(=O)c1ccnc2c(OCCCNC(=O)CN3CCC(NC(=O)CN4CCN(CC(=O)O)CCN(CC(=O)O)CCN(CC(=O)O)CC4)CC3)cccc12. The lowest BCUT2D eigenvalue weighted by atomic mass is 10.0. The van der Waals surface area contributed by atoms with E-state index in [0.29, 0.717) is 81.7 Å². The summed E-state index contributed by atoms with van der Waals surface area (Å²) in [6, 6.07) is 6.75. The number of pyridine rings is 1. The number of hydrogen-bond donors (Lipinski definition) is 6. The van der Waals surface area contributed by atoms with Gasteiger partial charge in [0.1, 0.15) is 17.3 Å². The summed E-state index contributed by atoms with van der Waals surface area (Å²) in [4.78, 5) is 100. The highest BCUT2D eigenvalue weighted by molar-refractivity contribution is 6.08. The van der Waals surface area contributed by atoms with Crippen molar-refractivity contribution < 1.29 is 62.4 Å². The van der Waals surface area contributed by atoms with Gasteiger partial charge in [0.05, 0.1) is 64.1 Å². The van der Waals surface area contributed by atoms with Crippen molar-refractivity contribution in [2.45, 2.75) is 43.7 Å². The molecule has 24 heteroatoms. The molecule has 0 aliphatic carbocycles. The number of piperidine rings is 1.